The van der Waals surface area contributed by atoms with E-state index in [4.69, 9.17) is 14.6 Å². The maximum Gasteiger partial charge on any atom is 0.309 e. The zero-order valence-electron chi connectivity index (χ0n) is 16.9. The SMILES string of the molecule is CCOC(=O)[C@@H]1CCC[C@H]1CC(=NN1CCC[C@H]1COC)c1ccc(Br)cc1. The van der Waals surface area contributed by atoms with Gasteiger partial charge in [-0.05, 0) is 62.6 Å². The maximum atomic E-state index is 12.4. The van der Waals surface area contributed by atoms with Crippen LogP contribution in [0.3, 0.4) is 0 Å². The standard InChI is InChI=1S/C22H31BrN2O3/c1-3-28-22(26)20-8-4-6-17(20)14-21(16-9-11-18(23)12-10-16)24-25-13-5-7-19(25)15-27-2/h9-12,17,19-20H,3-8,13-15H2,1-2H3/t17-,19-,20+/m0/s1. The van der Waals surface area contributed by atoms with Gasteiger partial charge in [0.15, 0.2) is 0 Å². The Balaban J connectivity index is 1.83. The number of halogens is 1. The van der Waals surface area contributed by atoms with Crippen molar-refractivity contribution in [2.75, 3.05) is 26.9 Å². The maximum absolute atomic E-state index is 12.4. The lowest BCUT2D eigenvalue weighted by atomic mass is 9.89. The van der Waals surface area contributed by atoms with Gasteiger partial charge < -0.3 is 9.47 Å². The Morgan fingerprint density at radius 3 is 2.71 bits per heavy atom. The van der Waals surface area contributed by atoms with Crippen molar-refractivity contribution in [3.63, 3.8) is 0 Å². The van der Waals surface area contributed by atoms with Gasteiger partial charge in [0.2, 0.25) is 0 Å². The van der Waals surface area contributed by atoms with Gasteiger partial charge in [0.25, 0.3) is 0 Å². The topological polar surface area (TPSA) is 51.1 Å². The summed E-state index contributed by atoms with van der Waals surface area (Å²) in [5.74, 6) is 0.248. The second-order valence-electron chi connectivity index (χ2n) is 7.72. The van der Waals surface area contributed by atoms with E-state index in [0.717, 1.165) is 60.8 Å². The summed E-state index contributed by atoms with van der Waals surface area (Å²) in [4.78, 5) is 12.4. The first kappa shape index (κ1) is 21.3. The van der Waals surface area contributed by atoms with E-state index in [2.05, 4.69) is 45.2 Å². The zero-order chi connectivity index (χ0) is 19.9. The fraction of sp³-hybridized carbons (Fsp3) is 0.636. The Hall–Kier alpha value is -1.40. The van der Waals surface area contributed by atoms with E-state index in [1.54, 1.807) is 7.11 Å². The first-order valence-electron chi connectivity index (χ1n) is 10.4. The lowest BCUT2D eigenvalue weighted by molar-refractivity contribution is -0.149. The monoisotopic (exact) mass is 450 g/mol. The van der Waals surface area contributed by atoms with Crippen LogP contribution in [0.4, 0.5) is 0 Å². The highest BCUT2D eigenvalue weighted by molar-refractivity contribution is 9.10. The fourth-order valence-electron chi connectivity index (χ4n) is 4.42. The first-order chi connectivity index (χ1) is 13.6. The molecule has 1 aliphatic heterocycles. The molecule has 5 nitrogen and oxygen atoms in total. The van der Waals surface area contributed by atoms with E-state index in [-0.39, 0.29) is 11.9 Å². The van der Waals surface area contributed by atoms with Crippen LogP contribution in [0.1, 0.15) is 51.0 Å². The highest BCUT2D eigenvalue weighted by atomic mass is 79.9. The van der Waals surface area contributed by atoms with Gasteiger partial charge in [-0.3, -0.25) is 9.80 Å². The molecule has 1 aliphatic carbocycles. The Morgan fingerprint density at radius 1 is 1.21 bits per heavy atom. The number of benzene rings is 1. The van der Waals surface area contributed by atoms with E-state index < -0.39 is 0 Å². The number of carbonyl (C=O) groups is 1. The molecule has 0 spiro atoms. The summed E-state index contributed by atoms with van der Waals surface area (Å²) in [5.41, 5.74) is 2.19. The number of hydrogen-bond donors (Lipinski definition) is 0. The van der Waals surface area contributed by atoms with E-state index >= 15 is 0 Å². The van der Waals surface area contributed by atoms with Gasteiger partial charge in [-0.15, -0.1) is 0 Å². The fourth-order valence-corrected chi connectivity index (χ4v) is 4.68. The van der Waals surface area contributed by atoms with Crippen molar-refractivity contribution < 1.29 is 14.3 Å². The molecular weight excluding hydrogens is 420 g/mol. The molecule has 0 unspecified atom stereocenters. The van der Waals surface area contributed by atoms with Gasteiger partial charge in [-0.25, -0.2) is 0 Å². The predicted octanol–water partition coefficient (Wildman–Crippen LogP) is 4.63. The van der Waals surface area contributed by atoms with Crippen molar-refractivity contribution in [1.29, 1.82) is 0 Å². The van der Waals surface area contributed by atoms with Crippen molar-refractivity contribution in [3.05, 3.63) is 34.3 Å². The number of nitrogens with zero attached hydrogens (tertiary/aromatic N) is 2. The minimum absolute atomic E-state index is 0.00560. The van der Waals surface area contributed by atoms with Crippen molar-refractivity contribution in [2.45, 2.75) is 51.5 Å². The number of ether oxygens (including phenoxy) is 2. The molecule has 1 aromatic rings. The number of hydrogen-bond acceptors (Lipinski definition) is 5. The largest absolute Gasteiger partial charge is 0.466 e. The van der Waals surface area contributed by atoms with Gasteiger partial charge in [0.05, 0.1) is 30.9 Å². The second-order valence-corrected chi connectivity index (χ2v) is 8.64. The quantitative estimate of drug-likeness (QED) is 0.427. The van der Waals surface area contributed by atoms with Crippen LogP contribution in [0.15, 0.2) is 33.8 Å². The Labute approximate surface area is 176 Å². The van der Waals surface area contributed by atoms with Crippen LogP contribution < -0.4 is 0 Å². The van der Waals surface area contributed by atoms with Crippen molar-refractivity contribution in [1.82, 2.24) is 5.01 Å². The van der Waals surface area contributed by atoms with Crippen molar-refractivity contribution in [3.8, 4) is 0 Å². The third-order valence-electron chi connectivity index (χ3n) is 5.84. The molecule has 3 atom stereocenters. The average molecular weight is 451 g/mol. The van der Waals surface area contributed by atoms with E-state index in [1.165, 1.54) is 0 Å². The lowest BCUT2D eigenvalue weighted by Crippen LogP contribution is -2.30. The van der Waals surface area contributed by atoms with Gasteiger partial charge in [0.1, 0.15) is 0 Å². The molecule has 3 rings (SSSR count). The normalized spacial score (nSPS) is 25.3. The third kappa shape index (κ3) is 5.35. The van der Waals surface area contributed by atoms with Crippen molar-refractivity contribution >= 4 is 27.6 Å². The van der Waals surface area contributed by atoms with Gasteiger partial charge in [-0.1, -0.05) is 34.5 Å². The minimum Gasteiger partial charge on any atom is -0.466 e. The predicted molar refractivity (Wildman–Crippen MR) is 114 cm³/mol. The summed E-state index contributed by atoms with van der Waals surface area (Å²) >= 11 is 3.52. The number of rotatable bonds is 8. The number of hydrazone groups is 1. The molecule has 0 amide bonds. The summed E-state index contributed by atoms with van der Waals surface area (Å²) in [6.45, 7) is 3.98. The molecule has 1 saturated heterocycles. The van der Waals surface area contributed by atoms with Crippen LogP contribution in [0.25, 0.3) is 0 Å². The molecule has 154 valence electrons. The molecule has 0 bridgehead atoms. The highest BCUT2D eigenvalue weighted by Crippen LogP contribution is 2.36. The third-order valence-corrected chi connectivity index (χ3v) is 6.36. The number of esters is 1. The molecule has 1 aromatic carbocycles. The van der Waals surface area contributed by atoms with Gasteiger partial charge >= 0.3 is 5.97 Å². The smallest absolute Gasteiger partial charge is 0.309 e. The van der Waals surface area contributed by atoms with Gasteiger partial charge in [-0.2, -0.15) is 5.10 Å². The molecule has 1 heterocycles. The van der Waals surface area contributed by atoms with Crippen LogP contribution in [-0.4, -0.2) is 49.6 Å². The molecule has 1 saturated carbocycles. The van der Waals surface area contributed by atoms with E-state index in [9.17, 15) is 4.79 Å². The van der Waals surface area contributed by atoms with E-state index in [1.807, 2.05) is 6.92 Å². The van der Waals surface area contributed by atoms with Crippen LogP contribution in [0.2, 0.25) is 0 Å². The lowest BCUT2D eigenvalue weighted by Gasteiger charge is -2.24. The number of methoxy groups -OCH3 is 1. The molecule has 28 heavy (non-hydrogen) atoms. The highest BCUT2D eigenvalue weighted by Gasteiger charge is 2.35. The van der Waals surface area contributed by atoms with Crippen LogP contribution in [0, 0.1) is 11.8 Å². The summed E-state index contributed by atoms with van der Waals surface area (Å²) in [6.07, 6.45) is 6.12. The van der Waals surface area contributed by atoms with Crippen LogP contribution >= 0.6 is 15.9 Å². The Kier molecular flexibility index (Phi) is 7.91. The van der Waals surface area contributed by atoms with E-state index in [0.29, 0.717) is 25.2 Å². The first-order valence-corrected chi connectivity index (χ1v) is 11.2. The Bertz CT molecular complexity index is 677. The van der Waals surface area contributed by atoms with Crippen LogP contribution in [-0.2, 0) is 14.3 Å². The zero-order valence-corrected chi connectivity index (χ0v) is 18.5. The summed E-state index contributed by atoms with van der Waals surface area (Å²) in [5, 5.41) is 7.27. The molecule has 0 N–H and O–H groups in total. The molecule has 2 aliphatic rings. The summed E-state index contributed by atoms with van der Waals surface area (Å²) in [7, 11) is 1.75. The molecule has 0 radical (unpaired) electrons. The molecule has 2 fully saturated rings. The average Bonchev–Trinajstić information content (AvgIpc) is 3.32. The summed E-state index contributed by atoms with van der Waals surface area (Å²) in [6, 6.07) is 8.66. The van der Waals surface area contributed by atoms with Crippen molar-refractivity contribution in [2.24, 2.45) is 16.9 Å². The Morgan fingerprint density at radius 2 is 2.00 bits per heavy atom. The minimum atomic E-state index is -0.0430. The molecular formula is C22H31BrN2O3. The van der Waals surface area contributed by atoms with Crippen LogP contribution in [0.5, 0.6) is 0 Å². The summed E-state index contributed by atoms with van der Waals surface area (Å²) < 4.78 is 11.8. The van der Waals surface area contributed by atoms with Gasteiger partial charge in [0, 0.05) is 18.1 Å². The number of carbonyl (C=O) groups excluding carboxylic acids is 1. The molecule has 0 aromatic heterocycles. The second kappa shape index (κ2) is 10.4. The molecule has 6 heteroatoms.